The van der Waals surface area contributed by atoms with Crippen molar-refractivity contribution in [2.24, 2.45) is 0 Å². The van der Waals surface area contributed by atoms with Crippen molar-refractivity contribution in [1.29, 1.82) is 0 Å². The fourth-order valence-corrected chi connectivity index (χ4v) is 12.4. The van der Waals surface area contributed by atoms with Crippen molar-refractivity contribution in [1.82, 2.24) is 28.7 Å². The van der Waals surface area contributed by atoms with Gasteiger partial charge in [0.2, 0.25) is 17.8 Å². The van der Waals surface area contributed by atoms with Crippen LogP contribution in [0.1, 0.15) is 0 Å². The van der Waals surface area contributed by atoms with Crippen LogP contribution in [0.25, 0.3) is 83.0 Å². The molecule has 0 spiro atoms. The quantitative estimate of drug-likeness (QED) is 0.121. The van der Waals surface area contributed by atoms with E-state index in [9.17, 15) is 0 Å². The van der Waals surface area contributed by atoms with Crippen LogP contribution in [0.3, 0.4) is 0 Å². The summed E-state index contributed by atoms with van der Waals surface area (Å²) < 4.78 is 6.77. The molecule has 0 saturated carbocycles. The lowest BCUT2D eigenvalue weighted by Crippen LogP contribution is -2.18. The van der Waals surface area contributed by atoms with Crippen LogP contribution in [0.5, 0.6) is 0 Å². The van der Waals surface area contributed by atoms with E-state index in [0.717, 1.165) is 117 Å². The number of benzene rings is 12. The van der Waals surface area contributed by atoms with Gasteiger partial charge in [-0.15, -0.1) is 0 Å². The second-order valence-corrected chi connectivity index (χ2v) is 20.9. The third-order valence-corrected chi connectivity index (χ3v) is 16.0. The molecule has 0 atom stereocenters. The first-order valence-electron chi connectivity index (χ1n) is 28.3. The molecule has 12 aromatic carbocycles. The minimum Gasteiger partial charge on any atom is -0.310 e. The van der Waals surface area contributed by atoms with E-state index < -0.39 is 0 Å². The highest BCUT2D eigenvalue weighted by atomic mass is 15.4. The summed E-state index contributed by atoms with van der Waals surface area (Å²) in [6, 6.07) is 109. The number of anilines is 9. The monoisotopic (exact) mass is 1080 g/mol. The molecule has 0 amide bonds. The average molecular weight is 1080 g/mol. The lowest BCUT2D eigenvalue weighted by molar-refractivity contribution is 0.878. The Morgan fingerprint density at radius 1 is 0.202 bits per heavy atom. The molecule has 0 saturated heterocycles. The average Bonchev–Trinajstić information content (AvgIpc) is 3.56. The molecule has 0 aliphatic rings. The smallest absolute Gasteiger partial charge is 0.241 e. The Morgan fingerprint density at radius 2 is 0.476 bits per heavy atom. The van der Waals surface area contributed by atoms with Gasteiger partial charge in [-0.3, -0.25) is 14.0 Å². The normalized spacial score (nSPS) is 11.6. The standard InChI is InChI=1S/C75H51N9/c1-7-25-52(26-8-1)79(53-27-9-2-10-28-53)58-43-47-71-65(49-58)62-38-20-23-41-68(62)83(71)74-76-73(81(56-33-15-5-16-34-56)60-45-46-70-64(51-60)61-37-19-22-40-67(61)82(70)57-35-17-6-18-36-57)77-75(78-74)84-69-42-24-21-39-63(69)66-50-59(44-48-72(66)84)80(54-29-11-3-12-30-54)55-31-13-4-14-32-55/h1-51H. The molecule has 0 N–H and O–H groups in total. The highest BCUT2D eigenvalue weighted by Gasteiger charge is 2.26. The van der Waals surface area contributed by atoms with Crippen molar-refractivity contribution in [3.8, 4) is 17.6 Å². The van der Waals surface area contributed by atoms with Gasteiger partial charge in [-0.05, 0) is 146 Å². The summed E-state index contributed by atoms with van der Waals surface area (Å²) in [5.41, 5.74) is 15.3. The fourth-order valence-electron chi connectivity index (χ4n) is 12.4. The molecule has 4 heterocycles. The molecule has 16 rings (SSSR count). The van der Waals surface area contributed by atoms with Crippen molar-refractivity contribution < 1.29 is 0 Å². The van der Waals surface area contributed by atoms with Crippen molar-refractivity contribution in [3.63, 3.8) is 0 Å². The van der Waals surface area contributed by atoms with Gasteiger partial charge in [-0.1, -0.05) is 164 Å². The van der Waals surface area contributed by atoms with Gasteiger partial charge in [-0.2, -0.15) is 15.0 Å². The minimum atomic E-state index is 0.455. The van der Waals surface area contributed by atoms with E-state index in [1.54, 1.807) is 0 Å². The highest BCUT2D eigenvalue weighted by molar-refractivity contribution is 6.13. The topological polar surface area (TPSA) is 63.2 Å². The summed E-state index contributed by atoms with van der Waals surface area (Å²) in [5.74, 6) is 1.40. The number of aromatic nitrogens is 6. The molecule has 9 heteroatoms. The predicted molar refractivity (Wildman–Crippen MR) is 347 cm³/mol. The number of rotatable bonds is 12. The minimum absolute atomic E-state index is 0.455. The lowest BCUT2D eigenvalue weighted by Gasteiger charge is -2.26. The molecule has 0 radical (unpaired) electrons. The Bertz CT molecular complexity index is 4780. The predicted octanol–water partition coefficient (Wildman–Crippen LogP) is 19.6. The van der Waals surface area contributed by atoms with Crippen LogP contribution in [0.15, 0.2) is 309 Å². The Labute approximate surface area is 484 Å². The van der Waals surface area contributed by atoms with Crippen LogP contribution in [-0.4, -0.2) is 28.7 Å². The maximum absolute atomic E-state index is 5.68. The first-order chi connectivity index (χ1) is 41.7. The zero-order valence-corrected chi connectivity index (χ0v) is 45.5. The van der Waals surface area contributed by atoms with Gasteiger partial charge in [0.15, 0.2) is 0 Å². The van der Waals surface area contributed by atoms with E-state index in [0.29, 0.717) is 17.8 Å². The molecule has 0 bridgehead atoms. The van der Waals surface area contributed by atoms with E-state index >= 15 is 0 Å². The molecule has 4 aromatic heterocycles. The van der Waals surface area contributed by atoms with Crippen LogP contribution >= 0.6 is 0 Å². The first-order valence-corrected chi connectivity index (χ1v) is 28.3. The number of nitrogens with zero attached hydrogens (tertiary/aromatic N) is 9. The maximum Gasteiger partial charge on any atom is 0.241 e. The second kappa shape index (κ2) is 20.2. The number of hydrogen-bond donors (Lipinski definition) is 0. The van der Waals surface area contributed by atoms with Crippen LogP contribution in [0, 0.1) is 0 Å². The van der Waals surface area contributed by atoms with Crippen LogP contribution in [0.4, 0.5) is 51.4 Å². The zero-order chi connectivity index (χ0) is 55.5. The van der Waals surface area contributed by atoms with Gasteiger partial charge in [0.25, 0.3) is 0 Å². The first kappa shape index (κ1) is 48.4. The third kappa shape index (κ3) is 8.13. The van der Waals surface area contributed by atoms with Gasteiger partial charge in [0.05, 0.1) is 33.1 Å². The fraction of sp³-hybridized carbons (Fsp3) is 0. The van der Waals surface area contributed by atoms with Crippen LogP contribution in [-0.2, 0) is 0 Å². The van der Waals surface area contributed by atoms with Gasteiger partial charge >= 0.3 is 0 Å². The Hall–Kier alpha value is -11.6. The summed E-state index contributed by atoms with van der Waals surface area (Å²) in [6.45, 7) is 0. The van der Waals surface area contributed by atoms with E-state index in [-0.39, 0.29) is 0 Å². The molecule has 9 nitrogen and oxygen atoms in total. The van der Waals surface area contributed by atoms with Gasteiger partial charge in [0.1, 0.15) is 0 Å². The summed E-state index contributed by atoms with van der Waals surface area (Å²) in [7, 11) is 0. The van der Waals surface area contributed by atoms with Gasteiger partial charge in [0, 0.05) is 83.5 Å². The van der Waals surface area contributed by atoms with E-state index in [1.165, 1.54) is 0 Å². The molecule has 0 fully saturated rings. The highest BCUT2D eigenvalue weighted by Crippen LogP contribution is 2.44. The molecule has 0 aliphatic carbocycles. The second-order valence-electron chi connectivity index (χ2n) is 20.9. The molecule has 396 valence electrons. The maximum atomic E-state index is 5.68. The molecular formula is C75H51N9. The van der Waals surface area contributed by atoms with Crippen molar-refractivity contribution >= 4 is 117 Å². The number of fused-ring (bicyclic) bond motifs is 9. The summed E-state index contributed by atoms with van der Waals surface area (Å²) in [5, 5.41) is 6.53. The molecule has 16 aromatic rings. The molecule has 84 heavy (non-hydrogen) atoms. The van der Waals surface area contributed by atoms with E-state index in [4.69, 9.17) is 15.0 Å². The van der Waals surface area contributed by atoms with Crippen LogP contribution in [0.2, 0.25) is 0 Å². The van der Waals surface area contributed by atoms with Gasteiger partial charge < -0.3 is 14.4 Å². The Balaban J connectivity index is 0.959. The van der Waals surface area contributed by atoms with Crippen molar-refractivity contribution in [2.45, 2.75) is 0 Å². The summed E-state index contributed by atoms with van der Waals surface area (Å²) in [6.07, 6.45) is 0. The van der Waals surface area contributed by atoms with Crippen LogP contribution < -0.4 is 14.7 Å². The Morgan fingerprint density at radius 3 is 0.845 bits per heavy atom. The lowest BCUT2D eigenvalue weighted by atomic mass is 10.1. The van der Waals surface area contributed by atoms with E-state index in [2.05, 4.69) is 338 Å². The zero-order valence-electron chi connectivity index (χ0n) is 45.5. The molecular weight excluding hydrogens is 1030 g/mol. The van der Waals surface area contributed by atoms with Crippen molar-refractivity contribution in [2.75, 3.05) is 14.7 Å². The summed E-state index contributed by atoms with van der Waals surface area (Å²) >= 11 is 0. The van der Waals surface area contributed by atoms with E-state index in [1.807, 2.05) is 0 Å². The SMILES string of the molecule is c1ccc(N(c2ccccc2)c2ccc3c(c2)c2ccccc2n3-c2nc(N(c3ccccc3)c3ccc4c(c3)c3ccccc3n4-c3ccccc3)nc(-n3c4ccccc4c4cc(N(c5ccccc5)c5ccccc5)ccc43)n2)cc1. The molecule has 0 aliphatic heterocycles. The van der Waals surface area contributed by atoms with Crippen molar-refractivity contribution in [3.05, 3.63) is 309 Å². The largest absolute Gasteiger partial charge is 0.310 e. The molecule has 0 unspecified atom stereocenters. The van der Waals surface area contributed by atoms with Gasteiger partial charge in [-0.25, -0.2) is 0 Å². The third-order valence-electron chi connectivity index (χ3n) is 16.0. The number of para-hydroxylation sites is 9. The Kier molecular flexibility index (Phi) is 11.6. The number of hydrogen-bond acceptors (Lipinski definition) is 6. The summed E-state index contributed by atoms with van der Waals surface area (Å²) in [4.78, 5) is 23.8.